The van der Waals surface area contributed by atoms with Crippen LogP contribution in [-0.2, 0) is 4.57 Å². The fourth-order valence-electron chi connectivity index (χ4n) is 3.92. The molecule has 1 heterocycles. The Labute approximate surface area is 206 Å². The van der Waals surface area contributed by atoms with Crippen LogP contribution in [0.25, 0.3) is 38.6 Å². The highest BCUT2D eigenvalue weighted by Crippen LogP contribution is 2.36. The van der Waals surface area contributed by atoms with Crippen molar-refractivity contribution in [3.63, 3.8) is 0 Å². The van der Waals surface area contributed by atoms with E-state index in [0.29, 0.717) is 0 Å². The van der Waals surface area contributed by atoms with Gasteiger partial charge in [-0.1, -0.05) is 24.3 Å². The minimum atomic E-state index is -4.25. The number of hydrogen-bond donors (Lipinski definition) is 2. The highest BCUT2D eigenvalue weighted by molar-refractivity contribution is 14.1. The summed E-state index contributed by atoms with van der Waals surface area (Å²) in [5.74, 6) is 0. The van der Waals surface area contributed by atoms with Gasteiger partial charge in [-0.3, -0.25) is 4.57 Å². The van der Waals surface area contributed by atoms with E-state index in [4.69, 9.17) is 0 Å². The van der Waals surface area contributed by atoms with Gasteiger partial charge in [0.15, 0.2) is 0 Å². The first kappa shape index (κ1) is 21.2. The minimum Gasteiger partial charge on any atom is -0.321 e. The Morgan fingerprint density at radius 2 is 1.26 bits per heavy atom. The zero-order valence-electron chi connectivity index (χ0n) is 16.0. The Hall–Kier alpha value is -1.71. The quantitative estimate of drug-likeness (QED) is 0.174. The van der Waals surface area contributed by atoms with E-state index in [2.05, 4.69) is 98.3 Å². The summed E-state index contributed by atoms with van der Waals surface area (Å²) in [5.41, 5.74) is 5.22. The number of fused-ring (bicyclic) bond motifs is 3. The topological polar surface area (TPSA) is 62.5 Å². The van der Waals surface area contributed by atoms with Gasteiger partial charge >= 0.3 is 7.60 Å². The Kier molecular flexibility index (Phi) is 5.46. The van der Waals surface area contributed by atoms with E-state index >= 15 is 0 Å². The lowest BCUT2D eigenvalue weighted by Gasteiger charge is -2.11. The summed E-state index contributed by atoms with van der Waals surface area (Å²) in [6, 6.07) is 27.7. The summed E-state index contributed by atoms with van der Waals surface area (Å²) in [4.78, 5) is 18.7. The lowest BCUT2D eigenvalue weighted by atomic mass is 10.1. The Morgan fingerprint density at radius 3 is 1.81 bits per heavy atom. The second-order valence-electron chi connectivity index (χ2n) is 7.30. The normalized spacial score (nSPS) is 12.0. The van der Waals surface area contributed by atoms with Crippen LogP contribution >= 0.6 is 52.8 Å². The van der Waals surface area contributed by atoms with Crippen LogP contribution in [0.1, 0.15) is 0 Å². The average molecular weight is 651 g/mol. The molecular formula is C24H16I2NO3P. The second kappa shape index (κ2) is 8.01. The van der Waals surface area contributed by atoms with Crippen molar-refractivity contribution in [2.24, 2.45) is 0 Å². The van der Waals surface area contributed by atoms with E-state index in [1.165, 1.54) is 30.0 Å². The summed E-state index contributed by atoms with van der Waals surface area (Å²) in [6.45, 7) is 0. The fraction of sp³-hybridized carbons (Fsp3) is 0. The van der Waals surface area contributed by atoms with Crippen molar-refractivity contribution < 1.29 is 14.4 Å². The van der Waals surface area contributed by atoms with Crippen molar-refractivity contribution in [1.82, 2.24) is 4.57 Å². The molecule has 0 atom stereocenters. The number of aromatic nitrogens is 1. The van der Waals surface area contributed by atoms with Gasteiger partial charge < -0.3 is 14.4 Å². The maximum Gasteiger partial charge on any atom is 0.356 e. The molecule has 5 rings (SSSR count). The van der Waals surface area contributed by atoms with E-state index in [9.17, 15) is 14.4 Å². The van der Waals surface area contributed by atoms with Crippen LogP contribution in [0.4, 0.5) is 0 Å². The number of rotatable bonds is 3. The van der Waals surface area contributed by atoms with Gasteiger partial charge in [0.2, 0.25) is 0 Å². The van der Waals surface area contributed by atoms with Crippen molar-refractivity contribution in [2.45, 2.75) is 0 Å². The molecule has 0 aliphatic heterocycles. The van der Waals surface area contributed by atoms with Crippen LogP contribution in [0.2, 0.25) is 0 Å². The van der Waals surface area contributed by atoms with Crippen LogP contribution in [0.15, 0.2) is 84.9 Å². The average Bonchev–Trinajstić information content (AvgIpc) is 3.06. The van der Waals surface area contributed by atoms with Crippen LogP contribution in [0, 0.1) is 7.14 Å². The molecule has 31 heavy (non-hydrogen) atoms. The van der Waals surface area contributed by atoms with E-state index in [-0.39, 0.29) is 5.30 Å². The number of benzene rings is 4. The molecular weight excluding hydrogens is 635 g/mol. The predicted molar refractivity (Wildman–Crippen MR) is 143 cm³/mol. The Bertz CT molecular complexity index is 1440. The van der Waals surface area contributed by atoms with Gasteiger partial charge in [0.1, 0.15) is 0 Å². The van der Waals surface area contributed by atoms with Crippen molar-refractivity contribution in [3.05, 3.63) is 92.1 Å². The molecule has 1 aromatic heterocycles. The molecule has 4 aromatic carbocycles. The van der Waals surface area contributed by atoms with Gasteiger partial charge in [0.05, 0.1) is 16.3 Å². The molecule has 0 spiro atoms. The molecule has 2 N–H and O–H groups in total. The predicted octanol–water partition coefficient (Wildman–Crippen LogP) is 6.46. The molecule has 0 aliphatic carbocycles. The molecule has 4 nitrogen and oxygen atoms in total. The van der Waals surface area contributed by atoms with E-state index in [0.717, 1.165) is 27.8 Å². The number of halogens is 2. The maximum atomic E-state index is 11.5. The van der Waals surface area contributed by atoms with Crippen molar-refractivity contribution in [1.29, 1.82) is 0 Å². The molecule has 0 saturated carbocycles. The van der Waals surface area contributed by atoms with E-state index in [1.807, 2.05) is 12.1 Å². The summed E-state index contributed by atoms with van der Waals surface area (Å²) < 4.78 is 16.1. The zero-order chi connectivity index (χ0) is 21.8. The van der Waals surface area contributed by atoms with Crippen molar-refractivity contribution in [3.8, 4) is 16.8 Å². The van der Waals surface area contributed by atoms with Gasteiger partial charge in [-0.15, -0.1) is 0 Å². The molecule has 154 valence electrons. The standard InChI is InChI=1S/C24H16I2NO3P/c25-17-6-10-23-21(13-17)22-14-18(26)7-11-24(22)27(23)19-3-1-2-16(12-19)15-4-8-20(9-5-15)31(28,29)30/h1-14H,(H2,28,29,30). The molecule has 5 aromatic rings. The maximum absolute atomic E-state index is 11.5. The Balaban J connectivity index is 1.70. The van der Waals surface area contributed by atoms with Crippen LogP contribution in [-0.4, -0.2) is 14.4 Å². The third-order valence-electron chi connectivity index (χ3n) is 5.33. The third kappa shape index (κ3) is 3.96. The van der Waals surface area contributed by atoms with Crippen LogP contribution in [0.5, 0.6) is 0 Å². The van der Waals surface area contributed by atoms with E-state index < -0.39 is 7.60 Å². The zero-order valence-corrected chi connectivity index (χ0v) is 21.2. The number of hydrogen-bond acceptors (Lipinski definition) is 1. The second-order valence-corrected chi connectivity index (χ2v) is 11.4. The molecule has 0 bridgehead atoms. The van der Waals surface area contributed by atoms with Gasteiger partial charge in [0, 0.05) is 23.6 Å². The minimum absolute atomic E-state index is 0.0269. The molecule has 0 fully saturated rings. The monoisotopic (exact) mass is 651 g/mol. The van der Waals surface area contributed by atoms with Gasteiger partial charge in [-0.05, 0) is 117 Å². The molecule has 0 aliphatic rings. The molecule has 0 saturated heterocycles. The Morgan fingerprint density at radius 1 is 0.677 bits per heavy atom. The van der Waals surface area contributed by atoms with Gasteiger partial charge in [0.25, 0.3) is 0 Å². The van der Waals surface area contributed by atoms with E-state index in [1.54, 1.807) is 12.1 Å². The largest absolute Gasteiger partial charge is 0.356 e. The first-order chi connectivity index (χ1) is 14.8. The summed E-state index contributed by atoms with van der Waals surface area (Å²) >= 11 is 4.70. The lowest BCUT2D eigenvalue weighted by Crippen LogP contribution is -2.02. The fourth-order valence-corrected chi connectivity index (χ4v) is 5.44. The summed E-state index contributed by atoms with van der Waals surface area (Å²) in [7, 11) is -4.25. The van der Waals surface area contributed by atoms with Gasteiger partial charge in [-0.2, -0.15) is 0 Å². The summed E-state index contributed by atoms with van der Waals surface area (Å²) in [6.07, 6.45) is 0. The van der Waals surface area contributed by atoms with Crippen molar-refractivity contribution >= 4 is 79.9 Å². The van der Waals surface area contributed by atoms with Crippen LogP contribution in [0.3, 0.4) is 0 Å². The molecule has 0 unspecified atom stereocenters. The van der Waals surface area contributed by atoms with Crippen LogP contribution < -0.4 is 5.30 Å². The third-order valence-corrected chi connectivity index (χ3v) is 7.64. The summed E-state index contributed by atoms with van der Waals surface area (Å²) in [5, 5.41) is 2.47. The lowest BCUT2D eigenvalue weighted by molar-refractivity contribution is 0.387. The first-order valence-electron chi connectivity index (χ1n) is 9.47. The number of nitrogens with zero attached hydrogens (tertiary/aromatic N) is 1. The smallest absolute Gasteiger partial charge is 0.321 e. The van der Waals surface area contributed by atoms with Crippen molar-refractivity contribution in [2.75, 3.05) is 0 Å². The molecule has 0 radical (unpaired) electrons. The SMILES string of the molecule is O=P(O)(O)c1ccc(-c2cccc(-n3c4ccc(I)cc4c4cc(I)ccc43)c2)cc1. The highest BCUT2D eigenvalue weighted by Gasteiger charge is 2.17. The molecule has 0 amide bonds. The molecule has 7 heteroatoms. The first-order valence-corrected chi connectivity index (χ1v) is 13.2. The highest BCUT2D eigenvalue weighted by atomic mass is 127. The van der Waals surface area contributed by atoms with Gasteiger partial charge in [-0.25, -0.2) is 0 Å².